The first-order valence-corrected chi connectivity index (χ1v) is 9.80. The molecule has 2 aromatic heterocycles. The highest BCUT2D eigenvalue weighted by atomic mass is 35.5. The molecule has 7 heteroatoms. The minimum absolute atomic E-state index is 0.151. The molecule has 0 aromatic carbocycles. The van der Waals surface area contributed by atoms with E-state index in [2.05, 4.69) is 23.0 Å². The Hall–Kier alpha value is -1.82. The van der Waals surface area contributed by atoms with Crippen LogP contribution in [0.1, 0.15) is 20.3 Å². The third kappa shape index (κ3) is 7.60. The molecule has 2 aromatic rings. The van der Waals surface area contributed by atoms with Crippen molar-refractivity contribution in [2.75, 3.05) is 13.2 Å². The SMILES string of the molecule is C=C/C=c1/scc/c1=C/CCNC(=O)COc1ncc(Cl)cc1Cl.CC. The molecule has 0 aliphatic rings. The minimum Gasteiger partial charge on any atom is -0.467 e. The summed E-state index contributed by atoms with van der Waals surface area (Å²) in [7, 11) is 0. The van der Waals surface area contributed by atoms with E-state index >= 15 is 0 Å². The number of carbonyl (C=O) groups is 1. The van der Waals surface area contributed by atoms with Gasteiger partial charge in [-0.3, -0.25) is 4.79 Å². The lowest BCUT2D eigenvalue weighted by atomic mass is 10.3. The molecule has 4 nitrogen and oxygen atoms in total. The van der Waals surface area contributed by atoms with Crippen molar-refractivity contribution in [3.63, 3.8) is 0 Å². The predicted octanol–water partition coefficient (Wildman–Crippen LogP) is 3.81. The van der Waals surface area contributed by atoms with Gasteiger partial charge in [0.15, 0.2) is 6.61 Å². The number of halogens is 2. The van der Waals surface area contributed by atoms with Gasteiger partial charge < -0.3 is 10.1 Å². The molecule has 0 atom stereocenters. The number of ether oxygens (including phenoxy) is 1. The molecule has 0 fully saturated rings. The highest BCUT2D eigenvalue weighted by Gasteiger charge is 2.07. The van der Waals surface area contributed by atoms with E-state index < -0.39 is 0 Å². The van der Waals surface area contributed by atoms with E-state index in [9.17, 15) is 4.79 Å². The van der Waals surface area contributed by atoms with Crippen molar-refractivity contribution in [2.45, 2.75) is 20.3 Å². The largest absolute Gasteiger partial charge is 0.467 e. The lowest BCUT2D eigenvalue weighted by Crippen LogP contribution is -2.30. The fourth-order valence-electron chi connectivity index (χ4n) is 1.87. The number of amides is 1. The van der Waals surface area contributed by atoms with Crippen molar-refractivity contribution >= 4 is 52.6 Å². The topological polar surface area (TPSA) is 51.2 Å². The summed E-state index contributed by atoms with van der Waals surface area (Å²) in [6.07, 6.45) is 7.93. The van der Waals surface area contributed by atoms with Crippen LogP contribution in [0.3, 0.4) is 0 Å². The van der Waals surface area contributed by atoms with Crippen LogP contribution in [0.4, 0.5) is 0 Å². The number of allylic oxidation sites excluding steroid dienone is 1. The fourth-order valence-corrected chi connectivity index (χ4v) is 3.13. The lowest BCUT2D eigenvalue weighted by Gasteiger charge is -2.07. The smallest absolute Gasteiger partial charge is 0.258 e. The normalized spacial score (nSPS) is 11.5. The second-order valence-electron chi connectivity index (χ2n) is 4.71. The highest BCUT2D eigenvalue weighted by Crippen LogP contribution is 2.24. The van der Waals surface area contributed by atoms with Gasteiger partial charge in [0.2, 0.25) is 5.88 Å². The molecule has 0 aliphatic carbocycles. The Balaban J connectivity index is 0.00000163. The van der Waals surface area contributed by atoms with Crippen molar-refractivity contribution in [3.05, 3.63) is 56.2 Å². The van der Waals surface area contributed by atoms with Crippen LogP contribution in [0.15, 0.2) is 36.4 Å². The van der Waals surface area contributed by atoms with Crippen LogP contribution in [0.5, 0.6) is 5.88 Å². The maximum Gasteiger partial charge on any atom is 0.258 e. The zero-order valence-electron chi connectivity index (χ0n) is 14.8. The van der Waals surface area contributed by atoms with E-state index in [4.69, 9.17) is 27.9 Å². The van der Waals surface area contributed by atoms with Crippen LogP contribution >= 0.6 is 34.5 Å². The van der Waals surface area contributed by atoms with Crippen LogP contribution < -0.4 is 19.8 Å². The Labute approximate surface area is 167 Å². The molecule has 0 saturated heterocycles. The maximum atomic E-state index is 11.8. The van der Waals surface area contributed by atoms with Gasteiger partial charge in [-0.05, 0) is 35.2 Å². The standard InChI is InChI=1S/C17H16Cl2N2O2S.C2H6/c1-2-4-15-12(6-8-24-15)5-3-7-20-16(22)11-23-17-14(19)9-13(18)10-21-17;1-2/h2,4-6,8-10H,1,3,7,11H2,(H,20,22);1-2H3/b12-5-,15-4+;. The molecule has 0 unspecified atom stereocenters. The third-order valence-electron chi connectivity index (χ3n) is 2.94. The van der Waals surface area contributed by atoms with Crippen LogP contribution in [0.2, 0.25) is 10.0 Å². The number of carbonyl (C=O) groups excluding carboxylic acids is 1. The number of pyridine rings is 1. The van der Waals surface area contributed by atoms with Crippen LogP contribution in [-0.2, 0) is 4.79 Å². The van der Waals surface area contributed by atoms with Gasteiger partial charge in [0.25, 0.3) is 5.91 Å². The molecule has 1 N–H and O–H groups in total. The summed E-state index contributed by atoms with van der Waals surface area (Å²) in [6, 6.07) is 3.55. The Kier molecular flexibility index (Phi) is 10.7. The number of aromatic nitrogens is 1. The van der Waals surface area contributed by atoms with Gasteiger partial charge in [0.1, 0.15) is 5.02 Å². The molecule has 0 aliphatic heterocycles. The summed E-state index contributed by atoms with van der Waals surface area (Å²) in [5, 5.41) is 6.63. The molecule has 140 valence electrons. The third-order valence-corrected chi connectivity index (χ3v) is 4.32. The second kappa shape index (κ2) is 12.5. The first-order valence-electron chi connectivity index (χ1n) is 8.17. The van der Waals surface area contributed by atoms with Gasteiger partial charge in [-0.25, -0.2) is 4.98 Å². The van der Waals surface area contributed by atoms with Crippen LogP contribution in [0.25, 0.3) is 12.2 Å². The molecule has 0 spiro atoms. The van der Waals surface area contributed by atoms with E-state index in [1.807, 2.05) is 31.4 Å². The van der Waals surface area contributed by atoms with Gasteiger partial charge in [-0.1, -0.05) is 55.8 Å². The Bertz CT molecular complexity index is 834. The fraction of sp³-hybridized carbons (Fsp3) is 0.263. The minimum atomic E-state index is -0.237. The van der Waals surface area contributed by atoms with Gasteiger partial charge in [0, 0.05) is 17.3 Å². The molecule has 2 rings (SSSR count). The monoisotopic (exact) mass is 412 g/mol. The summed E-state index contributed by atoms with van der Waals surface area (Å²) in [5.74, 6) is -0.0509. The molecular formula is C19H22Cl2N2O2S. The second-order valence-corrected chi connectivity index (χ2v) is 6.51. The number of hydrogen-bond donors (Lipinski definition) is 1. The van der Waals surface area contributed by atoms with Crippen molar-refractivity contribution in [2.24, 2.45) is 0 Å². The highest BCUT2D eigenvalue weighted by molar-refractivity contribution is 7.07. The zero-order valence-corrected chi connectivity index (χ0v) is 17.1. The van der Waals surface area contributed by atoms with Crippen molar-refractivity contribution < 1.29 is 9.53 Å². The summed E-state index contributed by atoms with van der Waals surface area (Å²) < 4.78 is 6.42. The average molecular weight is 413 g/mol. The van der Waals surface area contributed by atoms with Gasteiger partial charge >= 0.3 is 0 Å². The predicted molar refractivity (Wildman–Crippen MR) is 111 cm³/mol. The summed E-state index contributed by atoms with van der Waals surface area (Å²) >= 11 is 13.3. The molecule has 1 amide bonds. The maximum absolute atomic E-state index is 11.8. The average Bonchev–Trinajstić information content (AvgIpc) is 3.07. The van der Waals surface area contributed by atoms with Gasteiger partial charge in [-0.15, -0.1) is 11.3 Å². The van der Waals surface area contributed by atoms with E-state index in [0.717, 1.165) is 16.2 Å². The van der Waals surface area contributed by atoms with E-state index in [1.165, 1.54) is 12.3 Å². The number of nitrogens with zero attached hydrogens (tertiary/aromatic N) is 1. The van der Waals surface area contributed by atoms with Crippen molar-refractivity contribution in [1.82, 2.24) is 10.3 Å². The number of thiophene rings is 1. The molecule has 26 heavy (non-hydrogen) atoms. The Morgan fingerprint density at radius 1 is 1.42 bits per heavy atom. The number of hydrogen-bond acceptors (Lipinski definition) is 4. The van der Waals surface area contributed by atoms with Crippen molar-refractivity contribution in [1.29, 1.82) is 0 Å². The first-order chi connectivity index (χ1) is 12.6. The molecule has 0 bridgehead atoms. The van der Waals surface area contributed by atoms with Crippen molar-refractivity contribution in [3.8, 4) is 5.88 Å². The lowest BCUT2D eigenvalue weighted by molar-refractivity contribution is -0.123. The zero-order chi connectivity index (χ0) is 19.4. The summed E-state index contributed by atoms with van der Waals surface area (Å²) in [6.45, 7) is 8.07. The number of nitrogens with one attached hydrogen (secondary N) is 1. The Morgan fingerprint density at radius 2 is 2.19 bits per heavy atom. The Morgan fingerprint density at radius 3 is 2.88 bits per heavy atom. The van der Waals surface area contributed by atoms with E-state index in [0.29, 0.717) is 11.6 Å². The van der Waals surface area contributed by atoms with Crippen LogP contribution in [0, 0.1) is 0 Å². The number of rotatable bonds is 7. The first kappa shape index (κ1) is 22.2. The summed E-state index contributed by atoms with van der Waals surface area (Å²) in [4.78, 5) is 15.7. The quantitative estimate of drug-likeness (QED) is 0.703. The van der Waals surface area contributed by atoms with E-state index in [1.54, 1.807) is 17.4 Å². The molecular weight excluding hydrogens is 391 g/mol. The molecule has 2 heterocycles. The summed E-state index contributed by atoms with van der Waals surface area (Å²) in [5.41, 5.74) is 0. The van der Waals surface area contributed by atoms with Crippen LogP contribution in [-0.4, -0.2) is 24.0 Å². The van der Waals surface area contributed by atoms with Gasteiger partial charge in [0.05, 0.1) is 5.02 Å². The molecule has 0 saturated carbocycles. The van der Waals surface area contributed by atoms with Gasteiger partial charge in [-0.2, -0.15) is 0 Å². The molecule has 0 radical (unpaired) electrons. The van der Waals surface area contributed by atoms with E-state index in [-0.39, 0.29) is 23.4 Å².